The van der Waals surface area contributed by atoms with E-state index in [-0.39, 0.29) is 5.69 Å². The molecule has 1 N–H and O–H groups in total. The third-order valence-corrected chi connectivity index (χ3v) is 4.52. The molecule has 2 aromatic carbocycles. The molecule has 0 spiro atoms. The molecule has 136 valence electrons. The van der Waals surface area contributed by atoms with Crippen molar-refractivity contribution in [1.82, 2.24) is 9.97 Å². The van der Waals surface area contributed by atoms with Crippen molar-refractivity contribution in [2.75, 3.05) is 21.3 Å². The molecule has 4 aromatic rings. The second-order valence-corrected chi connectivity index (χ2v) is 6.04. The highest BCUT2D eigenvalue weighted by Gasteiger charge is 2.18. The lowest BCUT2D eigenvalue weighted by Crippen LogP contribution is -2.05. The molecular formula is C21H18N2O4. The smallest absolute Gasteiger partial charge is 0.356 e. The van der Waals surface area contributed by atoms with Gasteiger partial charge in [-0.1, -0.05) is 18.2 Å². The Morgan fingerprint density at radius 2 is 1.63 bits per heavy atom. The molecule has 2 aromatic heterocycles. The predicted octanol–water partition coefficient (Wildman–Crippen LogP) is 4.19. The summed E-state index contributed by atoms with van der Waals surface area (Å²) in [6.45, 7) is 0. The van der Waals surface area contributed by atoms with E-state index >= 15 is 0 Å². The van der Waals surface area contributed by atoms with Crippen LogP contribution in [0.15, 0.2) is 48.5 Å². The molecule has 0 saturated carbocycles. The summed E-state index contributed by atoms with van der Waals surface area (Å²) in [4.78, 5) is 20.2. The molecule has 4 rings (SSSR count). The number of carbonyl (C=O) groups is 1. The van der Waals surface area contributed by atoms with Crippen molar-refractivity contribution in [2.24, 2.45) is 0 Å². The van der Waals surface area contributed by atoms with Gasteiger partial charge in [-0.05, 0) is 24.3 Å². The van der Waals surface area contributed by atoms with Gasteiger partial charge in [0.25, 0.3) is 0 Å². The fourth-order valence-electron chi connectivity index (χ4n) is 3.21. The van der Waals surface area contributed by atoms with Crippen LogP contribution in [0.25, 0.3) is 33.1 Å². The number of methoxy groups -OCH3 is 3. The van der Waals surface area contributed by atoms with Gasteiger partial charge in [-0.2, -0.15) is 0 Å². The quantitative estimate of drug-likeness (QED) is 0.551. The summed E-state index contributed by atoms with van der Waals surface area (Å²) in [6.07, 6.45) is 0. The zero-order chi connectivity index (χ0) is 19.0. The van der Waals surface area contributed by atoms with Gasteiger partial charge in [-0.15, -0.1) is 0 Å². The summed E-state index contributed by atoms with van der Waals surface area (Å²) in [6, 6.07) is 15.2. The van der Waals surface area contributed by atoms with Crippen molar-refractivity contribution < 1.29 is 19.0 Å². The van der Waals surface area contributed by atoms with Crippen molar-refractivity contribution >= 4 is 27.8 Å². The van der Waals surface area contributed by atoms with Gasteiger partial charge in [0.2, 0.25) is 0 Å². The molecule has 0 atom stereocenters. The van der Waals surface area contributed by atoms with Gasteiger partial charge >= 0.3 is 5.97 Å². The second-order valence-electron chi connectivity index (χ2n) is 6.04. The van der Waals surface area contributed by atoms with Gasteiger partial charge in [0.15, 0.2) is 0 Å². The molecule has 27 heavy (non-hydrogen) atoms. The number of pyridine rings is 1. The number of aromatic amines is 1. The fourth-order valence-corrected chi connectivity index (χ4v) is 3.21. The predicted molar refractivity (Wildman–Crippen MR) is 103 cm³/mol. The second kappa shape index (κ2) is 6.64. The third-order valence-electron chi connectivity index (χ3n) is 4.52. The number of rotatable bonds is 4. The maximum absolute atomic E-state index is 12.2. The minimum Gasteiger partial charge on any atom is -0.497 e. The number of fused-ring (bicyclic) bond motifs is 3. The molecule has 2 heterocycles. The van der Waals surface area contributed by atoms with Crippen molar-refractivity contribution in [3.8, 4) is 22.8 Å². The van der Waals surface area contributed by atoms with Crippen molar-refractivity contribution in [1.29, 1.82) is 0 Å². The van der Waals surface area contributed by atoms with Gasteiger partial charge in [0.05, 0.1) is 32.5 Å². The van der Waals surface area contributed by atoms with Crippen LogP contribution in [0.5, 0.6) is 11.5 Å². The van der Waals surface area contributed by atoms with Crippen molar-refractivity contribution in [2.45, 2.75) is 0 Å². The summed E-state index contributed by atoms with van der Waals surface area (Å²) < 4.78 is 15.7. The van der Waals surface area contributed by atoms with Crippen molar-refractivity contribution in [3.63, 3.8) is 0 Å². The van der Waals surface area contributed by atoms with Gasteiger partial charge in [-0.3, -0.25) is 0 Å². The Balaban J connectivity index is 2.08. The number of hydrogen-bond donors (Lipinski definition) is 1. The van der Waals surface area contributed by atoms with Crippen LogP contribution in [-0.4, -0.2) is 37.3 Å². The topological polar surface area (TPSA) is 73.4 Å². The lowest BCUT2D eigenvalue weighted by Gasteiger charge is -2.10. The molecule has 0 bridgehead atoms. The SMILES string of the molecule is COC(=O)c1cc2c([nH]c3ccccc32)c(-c2cc(OC)cc(OC)c2)n1. The number of nitrogens with zero attached hydrogens (tertiary/aromatic N) is 1. The van der Waals surface area contributed by atoms with Gasteiger partial charge in [0.1, 0.15) is 17.2 Å². The maximum Gasteiger partial charge on any atom is 0.356 e. The minimum absolute atomic E-state index is 0.242. The highest BCUT2D eigenvalue weighted by Crippen LogP contribution is 2.36. The molecule has 0 amide bonds. The molecule has 0 saturated heterocycles. The van der Waals surface area contributed by atoms with Crippen LogP contribution >= 0.6 is 0 Å². The third kappa shape index (κ3) is 2.85. The number of para-hydroxylation sites is 1. The summed E-state index contributed by atoms with van der Waals surface area (Å²) in [7, 11) is 4.53. The van der Waals surface area contributed by atoms with E-state index in [2.05, 4.69) is 9.97 Å². The van der Waals surface area contributed by atoms with Gasteiger partial charge in [-0.25, -0.2) is 9.78 Å². The lowest BCUT2D eigenvalue weighted by molar-refractivity contribution is 0.0594. The summed E-state index contributed by atoms with van der Waals surface area (Å²) in [5, 5.41) is 1.91. The first-order chi connectivity index (χ1) is 13.1. The zero-order valence-corrected chi connectivity index (χ0v) is 15.2. The molecule has 0 unspecified atom stereocenters. The summed E-state index contributed by atoms with van der Waals surface area (Å²) in [5.74, 6) is 0.788. The first-order valence-electron chi connectivity index (χ1n) is 8.38. The standard InChI is InChI=1S/C21H18N2O4/c1-25-13-8-12(9-14(10-13)26-2)19-20-16(11-18(23-19)21(24)27-3)15-6-4-5-7-17(15)22-20/h4-11,22H,1-3H3. The Bertz CT molecular complexity index is 1140. The fraction of sp³-hybridized carbons (Fsp3) is 0.143. The maximum atomic E-state index is 12.2. The van der Waals surface area contributed by atoms with Crippen LogP contribution < -0.4 is 9.47 Å². The van der Waals surface area contributed by atoms with Gasteiger partial charge < -0.3 is 19.2 Å². The molecule has 0 fully saturated rings. The average Bonchev–Trinajstić information content (AvgIpc) is 3.10. The van der Waals surface area contributed by atoms with E-state index in [0.717, 1.165) is 27.4 Å². The lowest BCUT2D eigenvalue weighted by atomic mass is 10.1. The summed E-state index contributed by atoms with van der Waals surface area (Å²) >= 11 is 0. The van der Waals surface area contributed by atoms with E-state index in [4.69, 9.17) is 14.2 Å². The monoisotopic (exact) mass is 362 g/mol. The average molecular weight is 362 g/mol. The van der Waals surface area contributed by atoms with Crippen LogP contribution in [0.4, 0.5) is 0 Å². The van der Waals surface area contributed by atoms with E-state index in [0.29, 0.717) is 17.2 Å². The van der Waals surface area contributed by atoms with Crippen molar-refractivity contribution in [3.05, 3.63) is 54.2 Å². The zero-order valence-electron chi connectivity index (χ0n) is 15.2. The number of nitrogens with one attached hydrogen (secondary N) is 1. The van der Waals surface area contributed by atoms with E-state index in [9.17, 15) is 4.79 Å². The first kappa shape index (κ1) is 16.9. The Morgan fingerprint density at radius 3 is 2.30 bits per heavy atom. The first-order valence-corrected chi connectivity index (χ1v) is 8.38. The highest BCUT2D eigenvalue weighted by molar-refractivity contribution is 6.12. The Labute approximate surface area is 155 Å². The van der Waals surface area contributed by atoms with Crippen LogP contribution in [0.1, 0.15) is 10.5 Å². The number of carbonyl (C=O) groups excluding carboxylic acids is 1. The number of H-pyrrole nitrogens is 1. The minimum atomic E-state index is -0.488. The van der Waals surface area contributed by atoms with Gasteiger partial charge in [0, 0.05) is 27.9 Å². The van der Waals surface area contributed by atoms with E-state index in [1.54, 1.807) is 26.4 Å². The number of benzene rings is 2. The molecule has 0 aliphatic rings. The largest absolute Gasteiger partial charge is 0.497 e. The number of esters is 1. The normalized spacial score (nSPS) is 10.9. The summed E-state index contributed by atoms with van der Waals surface area (Å²) in [5.41, 5.74) is 3.44. The molecule has 6 heteroatoms. The number of hydrogen-bond acceptors (Lipinski definition) is 5. The van der Waals surface area contributed by atoms with Crippen LogP contribution in [0, 0.1) is 0 Å². The van der Waals surface area contributed by atoms with E-state index in [1.807, 2.05) is 36.4 Å². The molecule has 0 radical (unpaired) electrons. The Morgan fingerprint density at radius 1 is 0.926 bits per heavy atom. The Hall–Kier alpha value is -3.54. The highest BCUT2D eigenvalue weighted by atomic mass is 16.5. The number of aromatic nitrogens is 2. The molecule has 0 aliphatic heterocycles. The molecular weight excluding hydrogens is 344 g/mol. The molecule has 6 nitrogen and oxygen atoms in total. The van der Waals surface area contributed by atoms with Crippen LogP contribution in [-0.2, 0) is 4.74 Å². The number of ether oxygens (including phenoxy) is 3. The van der Waals surface area contributed by atoms with Crippen LogP contribution in [0.2, 0.25) is 0 Å². The Kier molecular flexibility index (Phi) is 4.16. The van der Waals surface area contributed by atoms with E-state index in [1.165, 1.54) is 7.11 Å². The van der Waals surface area contributed by atoms with Crippen LogP contribution in [0.3, 0.4) is 0 Å². The molecule has 0 aliphatic carbocycles. The van der Waals surface area contributed by atoms with E-state index < -0.39 is 5.97 Å².